The lowest BCUT2D eigenvalue weighted by Gasteiger charge is -2.11. The summed E-state index contributed by atoms with van der Waals surface area (Å²) < 4.78 is 0. The highest BCUT2D eigenvalue weighted by Crippen LogP contribution is 2.20. The second-order valence-electron chi connectivity index (χ2n) is 4.01. The molecule has 1 unspecified atom stereocenters. The van der Waals surface area contributed by atoms with Crippen LogP contribution in [0.4, 0.5) is 0 Å². The van der Waals surface area contributed by atoms with E-state index in [4.69, 9.17) is 0 Å². The molecular weight excluding hydrogens is 194 g/mol. The lowest BCUT2D eigenvalue weighted by Crippen LogP contribution is -2.77. The Labute approximate surface area is 97.1 Å². The molecule has 0 fully saturated rings. The van der Waals surface area contributed by atoms with Crippen LogP contribution in [0.5, 0.6) is 0 Å². The lowest BCUT2D eigenvalue weighted by molar-refractivity contribution is -0.637. The van der Waals surface area contributed by atoms with Crippen LogP contribution >= 0.6 is 0 Å². The van der Waals surface area contributed by atoms with Gasteiger partial charge in [-0.1, -0.05) is 54.6 Å². The third kappa shape index (κ3) is 2.31. The predicted octanol–water partition coefficient (Wildman–Crippen LogP) is 2.77. The number of hydrogen-bond donors (Lipinski definition) is 1. The average molecular weight is 211 g/mol. The summed E-state index contributed by atoms with van der Waals surface area (Å²) in [5.74, 6) is 0. The number of rotatable bonds is 3. The first kappa shape index (κ1) is 10.9. The van der Waals surface area contributed by atoms with E-state index < -0.39 is 0 Å². The summed E-state index contributed by atoms with van der Waals surface area (Å²) in [5, 5.41) is 1.97. The van der Waals surface area contributed by atoms with Crippen LogP contribution in [0.1, 0.15) is 18.5 Å². The summed E-state index contributed by atoms with van der Waals surface area (Å²) >= 11 is 0. The summed E-state index contributed by atoms with van der Waals surface area (Å²) in [6, 6.07) is 19.5. The number of hydrogen-bond acceptors (Lipinski definition) is 0. The van der Waals surface area contributed by atoms with Gasteiger partial charge in [-0.2, -0.15) is 7.05 Å². The Morgan fingerprint density at radius 1 is 0.875 bits per heavy atom. The fraction of sp³-hybridized carbons (Fsp3) is 0.133. The molecule has 1 atom stereocenters. The Hall–Kier alpha value is -1.60. The van der Waals surface area contributed by atoms with Gasteiger partial charge >= 0.3 is 0 Å². The molecule has 2 aromatic carbocycles. The van der Waals surface area contributed by atoms with Crippen LogP contribution in [0.15, 0.2) is 54.6 Å². The third-order valence-electron chi connectivity index (χ3n) is 2.90. The highest BCUT2D eigenvalue weighted by atomic mass is 14.8. The first-order chi connectivity index (χ1) is 7.81. The Morgan fingerprint density at radius 2 is 1.44 bits per heavy atom. The topological polar surface area (TPSA) is 16.6 Å². The van der Waals surface area contributed by atoms with Crippen LogP contribution < -0.4 is 5.32 Å². The van der Waals surface area contributed by atoms with Gasteiger partial charge in [0, 0.05) is 5.56 Å². The van der Waals surface area contributed by atoms with Crippen molar-refractivity contribution in [3.8, 4) is 11.1 Å². The first-order valence-electron chi connectivity index (χ1n) is 5.59. The van der Waals surface area contributed by atoms with E-state index in [1.807, 2.05) is 11.4 Å². The molecule has 0 heterocycles. The molecule has 1 heteroatoms. The van der Waals surface area contributed by atoms with Crippen molar-refractivity contribution < 1.29 is 5.32 Å². The van der Waals surface area contributed by atoms with Crippen molar-refractivity contribution >= 4 is 0 Å². The molecule has 0 amide bonds. The predicted molar refractivity (Wildman–Crippen MR) is 67.6 cm³/mol. The van der Waals surface area contributed by atoms with Crippen LogP contribution in [-0.2, 0) is 0 Å². The summed E-state index contributed by atoms with van der Waals surface area (Å²) in [5.41, 5.74) is 3.84. The van der Waals surface area contributed by atoms with E-state index in [2.05, 4.69) is 62.5 Å². The van der Waals surface area contributed by atoms with Gasteiger partial charge in [-0.15, -0.1) is 0 Å². The van der Waals surface area contributed by atoms with E-state index in [1.54, 1.807) is 0 Å². The standard InChI is InChI=1S/C15H17N/c1-12(16-2)13-8-10-15(11-9-13)14-6-4-3-5-7-14/h3-12H,2,16H2,1H3. The number of quaternary nitrogens is 1. The van der Waals surface area contributed by atoms with Crippen LogP contribution in [-0.4, -0.2) is 0 Å². The zero-order valence-corrected chi connectivity index (χ0v) is 9.56. The van der Waals surface area contributed by atoms with Gasteiger partial charge in [0.05, 0.1) is 6.04 Å². The van der Waals surface area contributed by atoms with Crippen molar-refractivity contribution in [1.29, 1.82) is 0 Å². The van der Waals surface area contributed by atoms with Crippen molar-refractivity contribution in [2.45, 2.75) is 13.0 Å². The van der Waals surface area contributed by atoms with E-state index in [1.165, 1.54) is 16.7 Å². The third-order valence-corrected chi connectivity index (χ3v) is 2.90. The molecule has 0 aliphatic rings. The second kappa shape index (κ2) is 4.95. The molecule has 1 nitrogen and oxygen atoms in total. The summed E-state index contributed by atoms with van der Waals surface area (Å²) in [7, 11) is 3.82. The molecule has 16 heavy (non-hydrogen) atoms. The van der Waals surface area contributed by atoms with Gasteiger partial charge in [0.2, 0.25) is 0 Å². The smallest absolute Gasteiger partial charge is 0.0848 e. The van der Waals surface area contributed by atoms with Crippen LogP contribution in [0.3, 0.4) is 0 Å². The molecule has 0 radical (unpaired) electrons. The summed E-state index contributed by atoms with van der Waals surface area (Å²) in [6.07, 6.45) is 0. The van der Waals surface area contributed by atoms with E-state index in [-0.39, 0.29) is 0 Å². The van der Waals surface area contributed by atoms with Crippen LogP contribution in [0.25, 0.3) is 11.1 Å². The normalized spacial score (nSPS) is 12.4. The molecule has 0 saturated carbocycles. The SMILES string of the molecule is [CH2-][NH2+]C(C)c1ccc(-c2ccccc2)cc1. The first-order valence-corrected chi connectivity index (χ1v) is 5.59. The Morgan fingerprint density at radius 3 is 2.00 bits per heavy atom. The minimum Gasteiger partial charge on any atom is -0.473 e. The average Bonchev–Trinajstić information content (AvgIpc) is 2.39. The Balaban J connectivity index is 2.26. The van der Waals surface area contributed by atoms with E-state index >= 15 is 0 Å². The summed E-state index contributed by atoms with van der Waals surface area (Å²) in [6.45, 7) is 2.16. The molecule has 0 aliphatic heterocycles. The maximum absolute atomic E-state index is 3.82. The maximum Gasteiger partial charge on any atom is 0.0848 e. The molecule has 82 valence electrons. The minimum absolute atomic E-state index is 0.421. The fourth-order valence-electron chi connectivity index (χ4n) is 1.75. The molecule has 0 spiro atoms. The monoisotopic (exact) mass is 211 g/mol. The molecule has 0 aromatic heterocycles. The van der Waals surface area contributed by atoms with E-state index in [0.717, 1.165) is 0 Å². The van der Waals surface area contributed by atoms with Crippen molar-refractivity contribution in [3.05, 3.63) is 67.2 Å². The molecule has 0 saturated heterocycles. The van der Waals surface area contributed by atoms with Crippen molar-refractivity contribution in [2.24, 2.45) is 0 Å². The van der Waals surface area contributed by atoms with E-state index in [0.29, 0.717) is 6.04 Å². The van der Waals surface area contributed by atoms with Gasteiger partial charge in [-0.25, -0.2) is 0 Å². The van der Waals surface area contributed by atoms with Gasteiger partial charge < -0.3 is 5.32 Å². The Bertz CT molecular complexity index is 431. The van der Waals surface area contributed by atoms with Crippen LogP contribution in [0.2, 0.25) is 0 Å². The molecule has 2 rings (SSSR count). The van der Waals surface area contributed by atoms with Gasteiger partial charge in [-0.05, 0) is 18.1 Å². The molecule has 0 aliphatic carbocycles. The second-order valence-corrected chi connectivity index (χ2v) is 4.01. The number of nitrogens with two attached hydrogens (primary N) is 1. The van der Waals surface area contributed by atoms with Gasteiger partial charge in [0.1, 0.15) is 0 Å². The molecule has 2 N–H and O–H groups in total. The largest absolute Gasteiger partial charge is 0.473 e. The molecule has 2 aromatic rings. The highest BCUT2D eigenvalue weighted by molar-refractivity contribution is 5.63. The summed E-state index contributed by atoms with van der Waals surface area (Å²) in [4.78, 5) is 0. The minimum atomic E-state index is 0.421. The zero-order chi connectivity index (χ0) is 11.4. The maximum atomic E-state index is 3.82. The molecular formula is C15H17N. The number of benzene rings is 2. The highest BCUT2D eigenvalue weighted by Gasteiger charge is 2.03. The zero-order valence-electron chi connectivity index (χ0n) is 9.56. The van der Waals surface area contributed by atoms with Gasteiger partial charge in [0.25, 0.3) is 0 Å². The quantitative estimate of drug-likeness (QED) is 0.752. The van der Waals surface area contributed by atoms with Gasteiger partial charge in [-0.3, -0.25) is 0 Å². The Kier molecular flexibility index (Phi) is 3.37. The van der Waals surface area contributed by atoms with Gasteiger partial charge in [0.15, 0.2) is 0 Å². The van der Waals surface area contributed by atoms with Crippen molar-refractivity contribution in [1.82, 2.24) is 0 Å². The fourth-order valence-corrected chi connectivity index (χ4v) is 1.75. The van der Waals surface area contributed by atoms with Crippen molar-refractivity contribution in [2.75, 3.05) is 0 Å². The lowest BCUT2D eigenvalue weighted by atomic mass is 10.0. The van der Waals surface area contributed by atoms with Crippen molar-refractivity contribution in [3.63, 3.8) is 0 Å². The van der Waals surface area contributed by atoms with E-state index in [9.17, 15) is 0 Å². The van der Waals surface area contributed by atoms with Crippen LogP contribution in [0, 0.1) is 7.05 Å². The molecule has 0 bridgehead atoms.